The summed E-state index contributed by atoms with van der Waals surface area (Å²) in [4.78, 5) is 0. The lowest BCUT2D eigenvalue weighted by atomic mass is 10.1. The molecule has 1 aromatic heterocycles. The molecule has 2 heteroatoms. The molecule has 3 aromatic rings. The zero-order valence-corrected chi connectivity index (χ0v) is 11.0. The fourth-order valence-corrected chi connectivity index (χ4v) is 2.62. The van der Waals surface area contributed by atoms with E-state index in [2.05, 4.69) is 47.1 Å². The lowest BCUT2D eigenvalue weighted by molar-refractivity contribution is 0.630. The molecule has 0 fully saturated rings. The fourth-order valence-electron chi connectivity index (χ4n) is 1.99. The van der Waals surface area contributed by atoms with Gasteiger partial charge >= 0.3 is 0 Å². The molecular formula is C15H11BrO. The predicted octanol–water partition coefficient (Wildman–Crippen LogP) is 5.17. The SMILES string of the molecule is Cc1cccc(-c2oc3ccccc3c2Br)c1. The van der Waals surface area contributed by atoms with Crippen LogP contribution in [0.2, 0.25) is 0 Å². The van der Waals surface area contributed by atoms with Crippen molar-refractivity contribution < 1.29 is 4.42 Å². The summed E-state index contributed by atoms with van der Waals surface area (Å²) in [5, 5.41) is 1.11. The van der Waals surface area contributed by atoms with Crippen LogP contribution < -0.4 is 0 Å². The molecule has 0 atom stereocenters. The molecule has 0 unspecified atom stereocenters. The van der Waals surface area contributed by atoms with Gasteiger partial charge in [-0.1, -0.05) is 35.9 Å². The van der Waals surface area contributed by atoms with Crippen LogP contribution in [0.4, 0.5) is 0 Å². The lowest BCUT2D eigenvalue weighted by Gasteiger charge is -1.99. The average molecular weight is 287 g/mol. The first-order chi connectivity index (χ1) is 8.25. The van der Waals surface area contributed by atoms with Gasteiger partial charge in [-0.3, -0.25) is 0 Å². The zero-order chi connectivity index (χ0) is 11.8. The molecule has 3 rings (SSSR count). The first-order valence-corrected chi connectivity index (χ1v) is 6.29. The second kappa shape index (κ2) is 4.04. The Hall–Kier alpha value is -1.54. The van der Waals surface area contributed by atoms with Crippen LogP contribution in [-0.2, 0) is 0 Å². The van der Waals surface area contributed by atoms with Crippen molar-refractivity contribution in [1.29, 1.82) is 0 Å². The van der Waals surface area contributed by atoms with E-state index in [1.165, 1.54) is 5.56 Å². The number of para-hydroxylation sites is 1. The van der Waals surface area contributed by atoms with Crippen LogP contribution in [0.15, 0.2) is 57.4 Å². The highest BCUT2D eigenvalue weighted by Crippen LogP contribution is 2.37. The Balaban J connectivity index is 2.27. The molecule has 0 aliphatic rings. The normalized spacial score (nSPS) is 10.9. The van der Waals surface area contributed by atoms with E-state index in [4.69, 9.17) is 4.42 Å². The van der Waals surface area contributed by atoms with Gasteiger partial charge in [-0.25, -0.2) is 0 Å². The van der Waals surface area contributed by atoms with Crippen LogP contribution in [0.3, 0.4) is 0 Å². The Morgan fingerprint density at radius 2 is 1.82 bits per heavy atom. The molecule has 1 nitrogen and oxygen atoms in total. The summed E-state index contributed by atoms with van der Waals surface area (Å²) >= 11 is 3.62. The highest BCUT2D eigenvalue weighted by Gasteiger charge is 2.12. The summed E-state index contributed by atoms with van der Waals surface area (Å²) in [7, 11) is 0. The minimum atomic E-state index is 0.898. The second-order valence-corrected chi connectivity index (χ2v) is 4.90. The molecule has 0 aliphatic carbocycles. The summed E-state index contributed by atoms with van der Waals surface area (Å²) in [5.74, 6) is 0.898. The van der Waals surface area contributed by atoms with E-state index in [1.807, 2.05) is 24.3 Å². The minimum Gasteiger partial charge on any atom is -0.455 e. The number of hydrogen-bond donors (Lipinski definition) is 0. The summed E-state index contributed by atoms with van der Waals surface area (Å²) in [5.41, 5.74) is 3.25. The number of hydrogen-bond acceptors (Lipinski definition) is 1. The van der Waals surface area contributed by atoms with E-state index in [1.54, 1.807) is 0 Å². The Bertz CT molecular complexity index is 682. The standard InChI is InChI=1S/C15H11BrO/c1-10-5-4-6-11(9-10)15-14(16)12-7-2-3-8-13(12)17-15/h2-9H,1H3. The molecule has 17 heavy (non-hydrogen) atoms. The third-order valence-electron chi connectivity index (χ3n) is 2.82. The average Bonchev–Trinajstić information content (AvgIpc) is 2.68. The first kappa shape index (κ1) is 10.6. The number of rotatable bonds is 1. The summed E-state index contributed by atoms with van der Waals surface area (Å²) in [6, 6.07) is 16.4. The molecule has 0 saturated carbocycles. The van der Waals surface area contributed by atoms with Crippen molar-refractivity contribution in [2.75, 3.05) is 0 Å². The van der Waals surface area contributed by atoms with E-state index in [0.29, 0.717) is 0 Å². The molecule has 0 aliphatic heterocycles. The Morgan fingerprint density at radius 1 is 1.00 bits per heavy atom. The van der Waals surface area contributed by atoms with Crippen LogP contribution in [0, 0.1) is 6.92 Å². The molecule has 0 radical (unpaired) electrons. The Morgan fingerprint density at radius 3 is 2.59 bits per heavy atom. The predicted molar refractivity (Wildman–Crippen MR) is 74.1 cm³/mol. The van der Waals surface area contributed by atoms with Crippen molar-refractivity contribution in [1.82, 2.24) is 0 Å². The number of benzene rings is 2. The van der Waals surface area contributed by atoms with E-state index < -0.39 is 0 Å². The topological polar surface area (TPSA) is 13.1 Å². The third kappa shape index (κ3) is 1.79. The molecule has 1 heterocycles. The maximum atomic E-state index is 5.89. The van der Waals surface area contributed by atoms with E-state index in [0.717, 1.165) is 26.8 Å². The Labute approximate surface area is 108 Å². The summed E-state index contributed by atoms with van der Waals surface area (Å²) in [6.07, 6.45) is 0. The molecule has 0 saturated heterocycles. The van der Waals surface area contributed by atoms with Gasteiger partial charge in [0.2, 0.25) is 0 Å². The van der Waals surface area contributed by atoms with Crippen LogP contribution in [0.25, 0.3) is 22.3 Å². The maximum absolute atomic E-state index is 5.89. The largest absolute Gasteiger partial charge is 0.455 e. The molecule has 2 aromatic carbocycles. The van der Waals surface area contributed by atoms with Gasteiger partial charge in [-0.15, -0.1) is 0 Å². The van der Waals surface area contributed by atoms with Crippen molar-refractivity contribution in [3.8, 4) is 11.3 Å². The van der Waals surface area contributed by atoms with Gasteiger partial charge in [0.25, 0.3) is 0 Å². The highest BCUT2D eigenvalue weighted by atomic mass is 79.9. The molecular weight excluding hydrogens is 276 g/mol. The third-order valence-corrected chi connectivity index (χ3v) is 3.60. The number of fused-ring (bicyclic) bond motifs is 1. The van der Waals surface area contributed by atoms with Gasteiger partial charge in [-0.2, -0.15) is 0 Å². The Kier molecular flexibility index (Phi) is 2.52. The van der Waals surface area contributed by atoms with Gasteiger partial charge in [0.05, 0.1) is 4.47 Å². The quantitative estimate of drug-likeness (QED) is 0.601. The summed E-state index contributed by atoms with van der Waals surface area (Å²) < 4.78 is 6.92. The first-order valence-electron chi connectivity index (χ1n) is 5.50. The van der Waals surface area contributed by atoms with Gasteiger partial charge in [0.15, 0.2) is 0 Å². The van der Waals surface area contributed by atoms with E-state index in [-0.39, 0.29) is 0 Å². The van der Waals surface area contributed by atoms with Crippen molar-refractivity contribution in [2.24, 2.45) is 0 Å². The highest BCUT2D eigenvalue weighted by molar-refractivity contribution is 9.10. The second-order valence-electron chi connectivity index (χ2n) is 4.11. The van der Waals surface area contributed by atoms with E-state index >= 15 is 0 Å². The van der Waals surface area contributed by atoms with Crippen LogP contribution in [0.1, 0.15) is 5.56 Å². The maximum Gasteiger partial charge on any atom is 0.149 e. The molecule has 0 amide bonds. The van der Waals surface area contributed by atoms with Crippen molar-refractivity contribution in [3.63, 3.8) is 0 Å². The molecule has 0 bridgehead atoms. The van der Waals surface area contributed by atoms with Crippen molar-refractivity contribution in [3.05, 3.63) is 58.6 Å². The molecule has 84 valence electrons. The summed E-state index contributed by atoms with van der Waals surface area (Å²) in [6.45, 7) is 2.08. The number of aryl methyl sites for hydroxylation is 1. The van der Waals surface area contributed by atoms with Gasteiger partial charge in [0.1, 0.15) is 11.3 Å². The lowest BCUT2D eigenvalue weighted by Crippen LogP contribution is -1.76. The number of furan rings is 1. The van der Waals surface area contributed by atoms with Crippen LogP contribution in [-0.4, -0.2) is 0 Å². The van der Waals surface area contributed by atoms with Crippen molar-refractivity contribution >= 4 is 26.9 Å². The van der Waals surface area contributed by atoms with Gasteiger partial charge in [-0.05, 0) is 41.1 Å². The molecule has 0 spiro atoms. The van der Waals surface area contributed by atoms with E-state index in [9.17, 15) is 0 Å². The van der Waals surface area contributed by atoms with Gasteiger partial charge < -0.3 is 4.42 Å². The smallest absolute Gasteiger partial charge is 0.149 e. The van der Waals surface area contributed by atoms with Crippen LogP contribution >= 0.6 is 15.9 Å². The zero-order valence-electron chi connectivity index (χ0n) is 9.41. The van der Waals surface area contributed by atoms with Crippen LogP contribution in [0.5, 0.6) is 0 Å². The van der Waals surface area contributed by atoms with Crippen molar-refractivity contribution in [2.45, 2.75) is 6.92 Å². The monoisotopic (exact) mass is 286 g/mol. The number of halogens is 1. The minimum absolute atomic E-state index is 0.898. The fraction of sp³-hybridized carbons (Fsp3) is 0.0667. The van der Waals surface area contributed by atoms with Gasteiger partial charge in [0, 0.05) is 10.9 Å². The molecule has 0 N–H and O–H groups in total.